The molecular weight excluding hydrogens is 392 g/mol. The van der Waals surface area contributed by atoms with E-state index in [9.17, 15) is 15.0 Å². The van der Waals surface area contributed by atoms with Crippen molar-refractivity contribution in [3.63, 3.8) is 0 Å². The van der Waals surface area contributed by atoms with Gasteiger partial charge in [-0.1, -0.05) is 37.3 Å². The summed E-state index contributed by atoms with van der Waals surface area (Å²) in [7, 11) is 1.40. The van der Waals surface area contributed by atoms with Crippen molar-refractivity contribution in [1.82, 2.24) is 0 Å². The summed E-state index contributed by atoms with van der Waals surface area (Å²) < 4.78 is 10.8. The highest BCUT2D eigenvalue weighted by atomic mass is 16.5. The Morgan fingerprint density at radius 2 is 2.10 bits per heavy atom. The molecule has 170 valence electrons. The number of carbonyl (C=O) groups excluding carboxylic acids is 1. The van der Waals surface area contributed by atoms with Crippen LogP contribution in [-0.2, 0) is 16.0 Å². The molecule has 1 saturated carbocycles. The second kappa shape index (κ2) is 13.2. The molecule has 1 aromatic rings. The van der Waals surface area contributed by atoms with E-state index in [-0.39, 0.29) is 23.7 Å². The van der Waals surface area contributed by atoms with E-state index in [0.717, 1.165) is 24.2 Å². The molecule has 0 saturated heterocycles. The van der Waals surface area contributed by atoms with Crippen LogP contribution >= 0.6 is 0 Å². The van der Waals surface area contributed by atoms with Crippen molar-refractivity contribution in [2.45, 2.75) is 64.6 Å². The van der Waals surface area contributed by atoms with Crippen LogP contribution in [-0.4, -0.2) is 42.1 Å². The lowest BCUT2D eigenvalue weighted by Gasteiger charge is -2.15. The number of methoxy groups -OCH3 is 1. The van der Waals surface area contributed by atoms with Crippen molar-refractivity contribution in [3.8, 4) is 17.6 Å². The highest BCUT2D eigenvalue weighted by Crippen LogP contribution is 2.33. The van der Waals surface area contributed by atoms with E-state index in [1.807, 2.05) is 37.3 Å². The van der Waals surface area contributed by atoms with Gasteiger partial charge in [-0.25, -0.2) is 0 Å². The Hall–Kier alpha value is -2.29. The molecule has 1 aliphatic rings. The fourth-order valence-electron chi connectivity index (χ4n) is 3.91. The first-order valence-corrected chi connectivity index (χ1v) is 11.2. The average Bonchev–Trinajstić information content (AvgIpc) is 3.14. The Morgan fingerprint density at radius 1 is 1.32 bits per heavy atom. The molecule has 0 bridgehead atoms. The molecule has 0 heterocycles. The van der Waals surface area contributed by atoms with E-state index in [4.69, 9.17) is 9.47 Å². The van der Waals surface area contributed by atoms with Gasteiger partial charge in [0.2, 0.25) is 0 Å². The summed E-state index contributed by atoms with van der Waals surface area (Å²) in [6, 6.07) is 7.89. The van der Waals surface area contributed by atoms with Crippen LogP contribution in [0.4, 0.5) is 0 Å². The highest BCUT2D eigenvalue weighted by molar-refractivity contribution is 5.69. The minimum absolute atomic E-state index is 0.0306. The fraction of sp³-hybridized carbons (Fsp3) is 0.577. The summed E-state index contributed by atoms with van der Waals surface area (Å²) in [6.45, 7) is 4.32. The first-order valence-electron chi connectivity index (χ1n) is 11.2. The number of para-hydroxylation sites is 1. The van der Waals surface area contributed by atoms with Gasteiger partial charge in [0.15, 0.2) is 0 Å². The van der Waals surface area contributed by atoms with Gasteiger partial charge in [0.25, 0.3) is 0 Å². The van der Waals surface area contributed by atoms with Gasteiger partial charge in [0.1, 0.15) is 5.75 Å². The van der Waals surface area contributed by atoms with Crippen LogP contribution in [0, 0.1) is 29.6 Å². The van der Waals surface area contributed by atoms with E-state index in [2.05, 4.69) is 11.8 Å². The van der Waals surface area contributed by atoms with Gasteiger partial charge in [0.05, 0.1) is 25.9 Å². The molecule has 2 rings (SSSR count). The number of rotatable bonds is 11. The van der Waals surface area contributed by atoms with Crippen molar-refractivity contribution in [1.29, 1.82) is 0 Å². The SMILES string of the molecule is CC#CC[C@H](C)[C@H](O)/C=C/[C@@H]1C[C@@H](COc2ccccc2CCCC(=O)OC)C[C@H]1O. The predicted octanol–water partition coefficient (Wildman–Crippen LogP) is 3.91. The molecule has 5 atom stereocenters. The topological polar surface area (TPSA) is 76.0 Å². The second-order valence-corrected chi connectivity index (χ2v) is 8.40. The van der Waals surface area contributed by atoms with Gasteiger partial charge in [-0.05, 0) is 56.1 Å². The summed E-state index contributed by atoms with van der Waals surface area (Å²) in [6.07, 6.45) is 6.81. The molecule has 0 spiro atoms. The highest BCUT2D eigenvalue weighted by Gasteiger charge is 2.32. The molecule has 0 amide bonds. The molecule has 5 heteroatoms. The Bertz CT molecular complexity index is 775. The van der Waals surface area contributed by atoms with Crippen LogP contribution in [0.1, 0.15) is 51.5 Å². The standard InChI is InChI=1S/C26H36O5/c1-4-5-9-19(2)23(27)15-14-22-16-20(17-24(22)28)18-31-25-12-7-6-10-21(25)11-8-13-26(29)30-3/h6-7,10,12,14-15,19-20,22-24,27-28H,8-9,11,13,16-18H2,1-3H3/b15-14+/t19-,20+,22+,23+,24+/m0/s1. The maximum atomic E-state index is 11.3. The number of aliphatic hydroxyl groups is 2. The van der Waals surface area contributed by atoms with Crippen molar-refractivity contribution < 1.29 is 24.5 Å². The number of aliphatic hydroxyl groups excluding tert-OH is 2. The van der Waals surface area contributed by atoms with Gasteiger partial charge >= 0.3 is 5.97 Å². The summed E-state index contributed by atoms with van der Waals surface area (Å²) >= 11 is 0. The molecule has 0 aromatic heterocycles. The van der Waals surface area contributed by atoms with E-state index in [0.29, 0.717) is 32.3 Å². The number of benzene rings is 1. The third-order valence-electron chi connectivity index (χ3n) is 5.92. The molecule has 0 unspecified atom stereocenters. The summed E-state index contributed by atoms with van der Waals surface area (Å²) in [5.74, 6) is 6.84. The van der Waals surface area contributed by atoms with E-state index in [1.54, 1.807) is 13.0 Å². The van der Waals surface area contributed by atoms with Crippen LogP contribution in [0.3, 0.4) is 0 Å². The number of esters is 1. The smallest absolute Gasteiger partial charge is 0.305 e. The lowest BCUT2D eigenvalue weighted by Crippen LogP contribution is -2.16. The number of hydrogen-bond acceptors (Lipinski definition) is 5. The Kier molecular flexibility index (Phi) is 10.6. The van der Waals surface area contributed by atoms with Gasteiger partial charge in [-0.15, -0.1) is 11.8 Å². The summed E-state index contributed by atoms with van der Waals surface area (Å²) in [5, 5.41) is 20.7. The lowest BCUT2D eigenvalue weighted by atomic mass is 9.97. The van der Waals surface area contributed by atoms with Crippen LogP contribution in [0.2, 0.25) is 0 Å². The van der Waals surface area contributed by atoms with Crippen molar-refractivity contribution in [3.05, 3.63) is 42.0 Å². The Labute approximate surface area is 186 Å². The van der Waals surface area contributed by atoms with Gasteiger partial charge in [0, 0.05) is 18.8 Å². The van der Waals surface area contributed by atoms with Crippen molar-refractivity contribution in [2.75, 3.05) is 13.7 Å². The number of ether oxygens (including phenoxy) is 2. The number of hydrogen-bond donors (Lipinski definition) is 2. The molecule has 1 aromatic carbocycles. The maximum Gasteiger partial charge on any atom is 0.305 e. The largest absolute Gasteiger partial charge is 0.493 e. The van der Waals surface area contributed by atoms with Gasteiger partial charge in [-0.2, -0.15) is 0 Å². The molecule has 5 nitrogen and oxygen atoms in total. The van der Waals surface area contributed by atoms with Crippen LogP contribution in [0.25, 0.3) is 0 Å². The zero-order chi connectivity index (χ0) is 22.6. The fourth-order valence-corrected chi connectivity index (χ4v) is 3.91. The third-order valence-corrected chi connectivity index (χ3v) is 5.92. The molecule has 1 aliphatic carbocycles. The minimum atomic E-state index is -0.555. The number of carbonyl (C=O) groups is 1. The molecule has 1 fully saturated rings. The summed E-state index contributed by atoms with van der Waals surface area (Å²) in [4.78, 5) is 11.3. The number of aryl methyl sites for hydroxylation is 1. The Morgan fingerprint density at radius 3 is 2.84 bits per heavy atom. The van der Waals surface area contributed by atoms with E-state index in [1.165, 1.54) is 7.11 Å². The average molecular weight is 429 g/mol. The van der Waals surface area contributed by atoms with Crippen LogP contribution < -0.4 is 4.74 Å². The Balaban J connectivity index is 1.84. The maximum absolute atomic E-state index is 11.3. The molecule has 0 aliphatic heterocycles. The molecule has 0 radical (unpaired) electrons. The lowest BCUT2D eigenvalue weighted by molar-refractivity contribution is -0.140. The predicted molar refractivity (Wildman–Crippen MR) is 121 cm³/mol. The van der Waals surface area contributed by atoms with Crippen molar-refractivity contribution in [2.24, 2.45) is 17.8 Å². The normalized spacial score (nSPS) is 22.5. The summed E-state index contributed by atoms with van der Waals surface area (Å²) in [5.41, 5.74) is 1.08. The second-order valence-electron chi connectivity index (χ2n) is 8.40. The van der Waals surface area contributed by atoms with Crippen molar-refractivity contribution >= 4 is 5.97 Å². The zero-order valence-electron chi connectivity index (χ0n) is 18.9. The third kappa shape index (κ3) is 8.40. The van der Waals surface area contributed by atoms with Gasteiger partial charge < -0.3 is 19.7 Å². The quantitative estimate of drug-likeness (QED) is 0.317. The zero-order valence-corrected chi connectivity index (χ0v) is 18.9. The van der Waals surface area contributed by atoms with Crippen LogP contribution in [0.15, 0.2) is 36.4 Å². The van der Waals surface area contributed by atoms with E-state index < -0.39 is 12.2 Å². The minimum Gasteiger partial charge on any atom is -0.493 e. The van der Waals surface area contributed by atoms with E-state index >= 15 is 0 Å². The molecular formula is C26H36O5. The van der Waals surface area contributed by atoms with Gasteiger partial charge in [-0.3, -0.25) is 4.79 Å². The molecule has 2 N–H and O–H groups in total. The monoisotopic (exact) mass is 428 g/mol. The van der Waals surface area contributed by atoms with Crippen LogP contribution in [0.5, 0.6) is 5.75 Å². The first-order chi connectivity index (χ1) is 14.9. The first kappa shape index (κ1) is 25.0. The molecule has 31 heavy (non-hydrogen) atoms.